The summed E-state index contributed by atoms with van der Waals surface area (Å²) < 4.78 is 38.8. The Morgan fingerprint density at radius 3 is 2.48 bits per heavy atom. The minimum Gasteiger partial charge on any atom is -0.354 e. The molecular formula is C20H27F3N2O2. The van der Waals surface area contributed by atoms with Crippen molar-refractivity contribution < 1.29 is 22.8 Å². The number of amides is 2. The summed E-state index contributed by atoms with van der Waals surface area (Å²) in [7, 11) is 0. The molecule has 1 heterocycles. The molecule has 0 spiro atoms. The maximum atomic E-state index is 12.9. The van der Waals surface area contributed by atoms with E-state index in [4.69, 9.17) is 0 Å². The van der Waals surface area contributed by atoms with Crippen LogP contribution in [0.25, 0.3) is 0 Å². The molecule has 7 heteroatoms. The zero-order chi connectivity index (χ0) is 20.1. The maximum Gasteiger partial charge on any atom is 0.416 e. The van der Waals surface area contributed by atoms with E-state index in [0.29, 0.717) is 18.5 Å². The summed E-state index contributed by atoms with van der Waals surface area (Å²) in [6.07, 6.45) is -0.122. The Kier molecular flexibility index (Phi) is 6.89. The molecule has 1 aromatic carbocycles. The van der Waals surface area contributed by atoms with Crippen LogP contribution in [0.4, 0.5) is 13.2 Å². The Morgan fingerprint density at radius 2 is 1.78 bits per heavy atom. The Labute approximate surface area is 158 Å². The molecule has 0 aliphatic carbocycles. The number of likely N-dealkylation sites (tertiary alicyclic amines) is 1. The van der Waals surface area contributed by atoms with Gasteiger partial charge >= 0.3 is 6.18 Å². The molecule has 1 saturated heterocycles. The predicted molar refractivity (Wildman–Crippen MR) is 97.1 cm³/mol. The van der Waals surface area contributed by atoms with Gasteiger partial charge in [-0.3, -0.25) is 9.59 Å². The van der Waals surface area contributed by atoms with Gasteiger partial charge in [-0.05, 0) is 24.5 Å². The monoisotopic (exact) mass is 384 g/mol. The van der Waals surface area contributed by atoms with Gasteiger partial charge in [0.15, 0.2) is 0 Å². The number of benzene rings is 1. The summed E-state index contributed by atoms with van der Waals surface area (Å²) in [6, 6.07) is 5.16. The number of halogens is 3. The van der Waals surface area contributed by atoms with Crippen LogP contribution >= 0.6 is 0 Å². The van der Waals surface area contributed by atoms with E-state index in [1.165, 1.54) is 6.07 Å². The first kappa shape index (κ1) is 21.3. The summed E-state index contributed by atoms with van der Waals surface area (Å²) in [6.45, 7) is 4.32. The summed E-state index contributed by atoms with van der Waals surface area (Å²) in [5.74, 6) is -0.300. The third-order valence-electron chi connectivity index (χ3n) is 4.95. The molecule has 1 N–H and O–H groups in total. The number of nitrogens with one attached hydrogen (secondary N) is 1. The largest absolute Gasteiger partial charge is 0.416 e. The van der Waals surface area contributed by atoms with Gasteiger partial charge in [-0.25, -0.2) is 0 Å². The van der Waals surface area contributed by atoms with Crippen molar-refractivity contribution in [2.75, 3.05) is 19.6 Å². The summed E-state index contributed by atoms with van der Waals surface area (Å²) >= 11 is 0. The lowest BCUT2D eigenvalue weighted by Gasteiger charge is -2.28. The molecule has 27 heavy (non-hydrogen) atoms. The van der Waals surface area contributed by atoms with Gasteiger partial charge in [0.25, 0.3) is 0 Å². The molecule has 2 rings (SSSR count). The van der Waals surface area contributed by atoms with Gasteiger partial charge in [-0.1, -0.05) is 44.9 Å². The van der Waals surface area contributed by atoms with Crippen molar-refractivity contribution in [2.24, 2.45) is 0 Å². The first-order valence-electron chi connectivity index (χ1n) is 9.32. The Bertz CT molecular complexity index is 671. The number of alkyl halides is 3. The lowest BCUT2D eigenvalue weighted by Crippen LogP contribution is -2.44. The minimum atomic E-state index is -4.40. The fourth-order valence-corrected chi connectivity index (χ4v) is 3.15. The van der Waals surface area contributed by atoms with E-state index in [9.17, 15) is 22.8 Å². The summed E-state index contributed by atoms with van der Waals surface area (Å²) in [5, 5.41) is 2.77. The van der Waals surface area contributed by atoms with Crippen LogP contribution in [-0.4, -0.2) is 36.3 Å². The quantitative estimate of drug-likeness (QED) is 0.837. The highest BCUT2D eigenvalue weighted by molar-refractivity contribution is 5.84. The first-order chi connectivity index (χ1) is 12.6. The van der Waals surface area contributed by atoms with E-state index >= 15 is 0 Å². The third kappa shape index (κ3) is 6.26. The molecule has 4 nitrogen and oxygen atoms in total. The van der Waals surface area contributed by atoms with E-state index in [-0.39, 0.29) is 24.9 Å². The first-order valence-corrected chi connectivity index (χ1v) is 9.32. The lowest BCUT2D eigenvalue weighted by atomic mass is 9.83. The average Bonchev–Trinajstić information content (AvgIpc) is 2.59. The molecule has 1 fully saturated rings. The molecule has 0 unspecified atom stereocenters. The molecule has 1 aliphatic rings. The Morgan fingerprint density at radius 1 is 1.11 bits per heavy atom. The molecule has 2 amide bonds. The number of rotatable bonds is 5. The van der Waals surface area contributed by atoms with Crippen LogP contribution < -0.4 is 5.32 Å². The van der Waals surface area contributed by atoms with Crippen molar-refractivity contribution in [2.45, 2.75) is 57.5 Å². The molecule has 0 saturated carbocycles. The number of hydrogen-bond acceptors (Lipinski definition) is 2. The molecule has 1 aliphatic heterocycles. The van der Waals surface area contributed by atoms with Gasteiger partial charge in [-0.15, -0.1) is 0 Å². The number of hydrogen-bond donors (Lipinski definition) is 1. The van der Waals surface area contributed by atoms with Gasteiger partial charge in [0.05, 0.1) is 12.1 Å². The fourth-order valence-electron chi connectivity index (χ4n) is 3.15. The molecule has 0 aromatic heterocycles. The predicted octanol–water partition coefficient (Wildman–Crippen LogP) is 3.89. The van der Waals surface area contributed by atoms with Crippen molar-refractivity contribution in [3.63, 3.8) is 0 Å². The third-order valence-corrected chi connectivity index (χ3v) is 4.95. The minimum absolute atomic E-state index is 0.00248. The van der Waals surface area contributed by atoms with E-state index in [1.54, 1.807) is 24.8 Å². The highest BCUT2D eigenvalue weighted by Crippen LogP contribution is 2.32. The SMILES string of the molecule is CC(C)(CNC(=O)CN1CCCCCCC1=O)c1cccc(C(F)(F)F)c1. The van der Waals surface area contributed by atoms with Gasteiger partial charge in [0.2, 0.25) is 11.8 Å². The molecule has 1 aromatic rings. The number of carbonyl (C=O) groups is 2. The Hall–Kier alpha value is -2.05. The number of nitrogens with zero attached hydrogens (tertiary/aromatic N) is 1. The average molecular weight is 384 g/mol. The van der Waals surface area contributed by atoms with Crippen molar-refractivity contribution in [3.05, 3.63) is 35.4 Å². The second-order valence-electron chi connectivity index (χ2n) is 7.72. The zero-order valence-electron chi connectivity index (χ0n) is 15.9. The van der Waals surface area contributed by atoms with Gasteiger partial charge in [0, 0.05) is 24.9 Å². The highest BCUT2D eigenvalue weighted by Gasteiger charge is 2.32. The molecule has 150 valence electrons. The zero-order valence-corrected chi connectivity index (χ0v) is 15.9. The van der Waals surface area contributed by atoms with Crippen LogP contribution in [-0.2, 0) is 21.2 Å². The van der Waals surface area contributed by atoms with Crippen molar-refractivity contribution >= 4 is 11.8 Å². The molecule has 0 atom stereocenters. The van der Waals surface area contributed by atoms with Crippen LogP contribution in [0.1, 0.15) is 57.1 Å². The maximum absolute atomic E-state index is 12.9. The fraction of sp³-hybridized carbons (Fsp3) is 0.600. The lowest BCUT2D eigenvalue weighted by molar-refractivity contribution is -0.137. The van der Waals surface area contributed by atoms with Crippen LogP contribution in [0.15, 0.2) is 24.3 Å². The second kappa shape index (κ2) is 8.76. The highest BCUT2D eigenvalue weighted by atomic mass is 19.4. The smallest absolute Gasteiger partial charge is 0.354 e. The van der Waals surface area contributed by atoms with Crippen LogP contribution in [0.2, 0.25) is 0 Å². The van der Waals surface area contributed by atoms with Gasteiger partial charge in [-0.2, -0.15) is 13.2 Å². The van der Waals surface area contributed by atoms with Crippen LogP contribution in [0.5, 0.6) is 0 Å². The van der Waals surface area contributed by atoms with Crippen LogP contribution in [0.3, 0.4) is 0 Å². The second-order valence-corrected chi connectivity index (χ2v) is 7.72. The van der Waals surface area contributed by atoms with Gasteiger partial charge < -0.3 is 10.2 Å². The standard InChI is InChI=1S/C20H27F3N2O2/c1-19(2,15-8-7-9-16(12-15)20(21,22)23)14-24-17(26)13-25-11-6-4-3-5-10-18(25)27/h7-9,12H,3-6,10-11,13-14H2,1-2H3,(H,24,26). The number of carbonyl (C=O) groups excluding carboxylic acids is 2. The molecular weight excluding hydrogens is 357 g/mol. The van der Waals surface area contributed by atoms with E-state index < -0.39 is 17.2 Å². The van der Waals surface area contributed by atoms with E-state index in [0.717, 1.165) is 37.8 Å². The Balaban J connectivity index is 1.95. The van der Waals surface area contributed by atoms with Crippen molar-refractivity contribution in [1.82, 2.24) is 10.2 Å². The molecule has 0 radical (unpaired) electrons. The summed E-state index contributed by atoms with van der Waals surface area (Å²) in [4.78, 5) is 25.9. The molecule has 0 bridgehead atoms. The van der Waals surface area contributed by atoms with Crippen molar-refractivity contribution in [3.8, 4) is 0 Å². The van der Waals surface area contributed by atoms with Crippen molar-refractivity contribution in [1.29, 1.82) is 0 Å². The van der Waals surface area contributed by atoms with E-state index in [1.807, 2.05) is 0 Å². The van der Waals surface area contributed by atoms with Crippen LogP contribution in [0, 0.1) is 0 Å². The summed E-state index contributed by atoms with van der Waals surface area (Å²) in [5.41, 5.74) is -0.873. The van der Waals surface area contributed by atoms with E-state index in [2.05, 4.69) is 5.32 Å². The normalized spacial score (nSPS) is 16.6. The topological polar surface area (TPSA) is 49.4 Å². The van der Waals surface area contributed by atoms with Gasteiger partial charge in [0.1, 0.15) is 0 Å².